The van der Waals surface area contributed by atoms with Crippen molar-refractivity contribution in [2.75, 3.05) is 44.5 Å². The Morgan fingerprint density at radius 3 is 2.52 bits per heavy atom. The number of nitrogens with one attached hydrogen (secondary N) is 1. The third-order valence-electron chi connectivity index (χ3n) is 5.51. The van der Waals surface area contributed by atoms with Crippen molar-refractivity contribution in [3.63, 3.8) is 0 Å². The molecule has 7 heteroatoms. The number of likely N-dealkylation sites (tertiary alicyclic amines) is 1. The molecule has 0 unspecified atom stereocenters. The lowest BCUT2D eigenvalue weighted by molar-refractivity contribution is -0.225. The van der Waals surface area contributed by atoms with Gasteiger partial charge in [-0.05, 0) is 30.3 Å². The summed E-state index contributed by atoms with van der Waals surface area (Å²) >= 11 is 0. The Kier molecular flexibility index (Phi) is 5.24. The van der Waals surface area contributed by atoms with Crippen molar-refractivity contribution in [2.45, 2.75) is 25.2 Å². The van der Waals surface area contributed by atoms with Gasteiger partial charge in [-0.2, -0.15) is 0 Å². The predicted molar refractivity (Wildman–Crippen MR) is 112 cm³/mol. The van der Waals surface area contributed by atoms with Crippen LogP contribution in [-0.4, -0.2) is 51.0 Å². The molecule has 2 aliphatic rings. The third kappa shape index (κ3) is 3.96. The Hall–Kier alpha value is -2.93. The molecular weight excluding hydrogens is 370 g/mol. The molecule has 2 amide bonds. The van der Waals surface area contributed by atoms with Crippen LogP contribution in [-0.2, 0) is 11.3 Å². The van der Waals surface area contributed by atoms with Gasteiger partial charge in [0.1, 0.15) is 0 Å². The Morgan fingerprint density at radius 1 is 1.14 bits per heavy atom. The van der Waals surface area contributed by atoms with E-state index in [9.17, 15) is 4.79 Å². The molecule has 0 radical (unpaired) electrons. The molecule has 0 aliphatic carbocycles. The van der Waals surface area contributed by atoms with Crippen molar-refractivity contribution in [3.05, 3.63) is 48.0 Å². The molecule has 4 rings (SSSR count). The zero-order valence-corrected chi connectivity index (χ0v) is 17.1. The number of carbonyl (C=O) groups is 1. The average Bonchev–Trinajstić information content (AvgIpc) is 2.74. The van der Waals surface area contributed by atoms with Gasteiger partial charge in [-0.1, -0.05) is 12.1 Å². The number of ether oxygens (including phenoxy) is 3. The van der Waals surface area contributed by atoms with Crippen LogP contribution in [0.4, 0.5) is 16.2 Å². The van der Waals surface area contributed by atoms with E-state index in [0.717, 1.165) is 22.7 Å². The summed E-state index contributed by atoms with van der Waals surface area (Å²) in [6.07, 6.45) is 1.22. The van der Waals surface area contributed by atoms with Crippen molar-refractivity contribution in [1.82, 2.24) is 4.90 Å². The first-order chi connectivity index (χ1) is 14.0. The van der Waals surface area contributed by atoms with Crippen molar-refractivity contribution in [1.29, 1.82) is 0 Å². The van der Waals surface area contributed by atoms with E-state index in [2.05, 4.69) is 5.32 Å². The molecule has 1 fully saturated rings. The SMILES string of the molecule is COc1cccc2c1OC1(CCN(C(=O)Nc3ccc(N(C)C)cc3)CC1)OC2. The highest BCUT2D eigenvalue weighted by atomic mass is 16.7. The first kappa shape index (κ1) is 19.4. The molecule has 0 saturated carbocycles. The molecule has 1 N–H and O–H groups in total. The minimum Gasteiger partial charge on any atom is -0.493 e. The summed E-state index contributed by atoms with van der Waals surface area (Å²) in [6.45, 7) is 1.61. The van der Waals surface area contributed by atoms with Gasteiger partial charge in [0.15, 0.2) is 11.5 Å². The number of anilines is 2. The van der Waals surface area contributed by atoms with Gasteiger partial charge < -0.3 is 29.3 Å². The molecule has 2 aromatic rings. The van der Waals surface area contributed by atoms with Crippen molar-refractivity contribution in [3.8, 4) is 11.5 Å². The number of carbonyl (C=O) groups excluding carboxylic acids is 1. The number of piperidine rings is 1. The lowest BCUT2D eigenvalue weighted by Crippen LogP contribution is -2.53. The standard InChI is InChI=1S/C22H27N3O4/c1-24(2)18-9-7-17(8-10-18)23-21(26)25-13-11-22(12-14-25)28-15-16-5-4-6-19(27-3)20(16)29-22/h4-10H,11-15H2,1-3H3,(H,23,26). The Bertz CT molecular complexity index is 860. The number of para-hydroxylation sites is 1. The van der Waals surface area contributed by atoms with E-state index in [4.69, 9.17) is 14.2 Å². The maximum atomic E-state index is 12.7. The topological polar surface area (TPSA) is 63.3 Å². The number of fused-ring (bicyclic) bond motifs is 1. The summed E-state index contributed by atoms with van der Waals surface area (Å²) in [6, 6.07) is 13.5. The fourth-order valence-corrected chi connectivity index (χ4v) is 3.72. The summed E-state index contributed by atoms with van der Waals surface area (Å²) in [5, 5.41) is 2.97. The number of hydrogen-bond acceptors (Lipinski definition) is 5. The lowest BCUT2D eigenvalue weighted by Gasteiger charge is -2.44. The van der Waals surface area contributed by atoms with Crippen molar-refractivity contribution in [2.24, 2.45) is 0 Å². The molecule has 154 valence electrons. The molecule has 0 bridgehead atoms. The average molecular weight is 397 g/mol. The fourth-order valence-electron chi connectivity index (χ4n) is 3.72. The van der Waals surface area contributed by atoms with Crippen molar-refractivity contribution >= 4 is 17.4 Å². The molecule has 2 aromatic carbocycles. The number of nitrogens with zero attached hydrogens (tertiary/aromatic N) is 2. The van der Waals surface area contributed by atoms with Gasteiger partial charge in [0.2, 0.25) is 5.79 Å². The van der Waals surface area contributed by atoms with Crippen LogP contribution < -0.4 is 19.7 Å². The minimum atomic E-state index is -0.703. The second kappa shape index (κ2) is 7.83. The molecular formula is C22H27N3O4. The monoisotopic (exact) mass is 397 g/mol. The number of hydrogen-bond donors (Lipinski definition) is 1. The summed E-state index contributed by atoms with van der Waals surface area (Å²) < 4.78 is 17.8. The zero-order valence-electron chi connectivity index (χ0n) is 17.1. The van der Waals surface area contributed by atoms with Gasteiger partial charge in [-0.25, -0.2) is 4.79 Å². The van der Waals surface area contributed by atoms with Gasteiger partial charge in [-0.3, -0.25) is 0 Å². The molecule has 2 aliphatic heterocycles. The molecule has 2 heterocycles. The lowest BCUT2D eigenvalue weighted by atomic mass is 10.0. The normalized spacial score (nSPS) is 17.3. The molecule has 0 aromatic heterocycles. The summed E-state index contributed by atoms with van der Waals surface area (Å²) in [7, 11) is 5.61. The maximum absolute atomic E-state index is 12.7. The number of urea groups is 1. The summed E-state index contributed by atoms with van der Waals surface area (Å²) in [4.78, 5) is 16.5. The van der Waals surface area contributed by atoms with E-state index >= 15 is 0 Å². The number of rotatable bonds is 3. The van der Waals surface area contributed by atoms with E-state index in [0.29, 0.717) is 38.3 Å². The van der Waals surface area contributed by atoms with Gasteiger partial charge in [0.05, 0.1) is 13.7 Å². The maximum Gasteiger partial charge on any atom is 0.321 e. The molecule has 7 nitrogen and oxygen atoms in total. The van der Waals surface area contributed by atoms with Crippen LogP contribution in [0.2, 0.25) is 0 Å². The van der Waals surface area contributed by atoms with Gasteiger partial charge in [-0.15, -0.1) is 0 Å². The van der Waals surface area contributed by atoms with Gasteiger partial charge in [0.25, 0.3) is 0 Å². The number of amides is 2. The minimum absolute atomic E-state index is 0.105. The highest BCUT2D eigenvalue weighted by Crippen LogP contribution is 2.42. The zero-order chi connectivity index (χ0) is 20.4. The van der Waals surface area contributed by atoms with Crippen LogP contribution in [0.25, 0.3) is 0 Å². The predicted octanol–water partition coefficient (Wildman–Crippen LogP) is 3.69. The van der Waals surface area contributed by atoms with E-state index in [1.54, 1.807) is 12.0 Å². The van der Waals surface area contributed by atoms with E-state index in [1.165, 1.54) is 0 Å². The van der Waals surface area contributed by atoms with Crippen LogP contribution >= 0.6 is 0 Å². The van der Waals surface area contributed by atoms with E-state index in [1.807, 2.05) is 61.5 Å². The second-order valence-corrected chi connectivity index (χ2v) is 7.61. The van der Waals surface area contributed by atoms with Crippen LogP contribution in [0.1, 0.15) is 18.4 Å². The van der Waals surface area contributed by atoms with E-state index in [-0.39, 0.29) is 6.03 Å². The van der Waals surface area contributed by atoms with Crippen molar-refractivity contribution < 1.29 is 19.0 Å². The number of benzene rings is 2. The van der Waals surface area contributed by atoms with E-state index < -0.39 is 5.79 Å². The second-order valence-electron chi connectivity index (χ2n) is 7.61. The van der Waals surface area contributed by atoms with Gasteiger partial charge in [0, 0.05) is 57.0 Å². The van der Waals surface area contributed by atoms with Crippen LogP contribution in [0.15, 0.2) is 42.5 Å². The summed E-state index contributed by atoms with van der Waals surface area (Å²) in [5.74, 6) is 0.762. The molecule has 29 heavy (non-hydrogen) atoms. The van der Waals surface area contributed by atoms with Crippen LogP contribution in [0.5, 0.6) is 11.5 Å². The van der Waals surface area contributed by atoms with Crippen LogP contribution in [0, 0.1) is 0 Å². The Balaban J connectivity index is 1.37. The van der Waals surface area contributed by atoms with Gasteiger partial charge >= 0.3 is 6.03 Å². The highest BCUT2D eigenvalue weighted by molar-refractivity contribution is 5.89. The fraction of sp³-hybridized carbons (Fsp3) is 0.409. The van der Waals surface area contributed by atoms with Crippen LogP contribution in [0.3, 0.4) is 0 Å². The molecule has 0 atom stereocenters. The smallest absolute Gasteiger partial charge is 0.321 e. The highest BCUT2D eigenvalue weighted by Gasteiger charge is 2.42. The quantitative estimate of drug-likeness (QED) is 0.856. The Morgan fingerprint density at radius 2 is 1.86 bits per heavy atom. The first-order valence-corrected chi connectivity index (χ1v) is 9.82. The third-order valence-corrected chi connectivity index (χ3v) is 5.51. The Labute approximate surface area is 171 Å². The first-order valence-electron chi connectivity index (χ1n) is 9.82. The molecule has 1 spiro atoms. The number of methoxy groups -OCH3 is 1. The summed E-state index contributed by atoms with van der Waals surface area (Å²) in [5.41, 5.74) is 2.85. The largest absolute Gasteiger partial charge is 0.493 e. The molecule has 1 saturated heterocycles.